The third-order valence-electron chi connectivity index (χ3n) is 3.40. The van der Waals surface area contributed by atoms with E-state index in [1.807, 2.05) is 0 Å². The predicted molar refractivity (Wildman–Crippen MR) is 73.5 cm³/mol. The molecular formula is C13H22N4O2. The summed E-state index contributed by atoms with van der Waals surface area (Å²) in [7, 11) is 1.61. The molecule has 1 N–H and O–H groups in total. The van der Waals surface area contributed by atoms with Crippen LogP contribution in [-0.4, -0.2) is 60.9 Å². The van der Waals surface area contributed by atoms with Crippen LogP contribution in [0.5, 0.6) is 5.88 Å². The van der Waals surface area contributed by atoms with Gasteiger partial charge in [-0.05, 0) is 6.42 Å². The highest BCUT2D eigenvalue weighted by molar-refractivity contribution is 5.44. The fraction of sp³-hybridized carbons (Fsp3) is 0.692. The van der Waals surface area contributed by atoms with Gasteiger partial charge in [0.15, 0.2) is 5.82 Å². The van der Waals surface area contributed by atoms with Crippen molar-refractivity contribution in [2.24, 2.45) is 0 Å². The summed E-state index contributed by atoms with van der Waals surface area (Å²) in [6, 6.07) is 0.482. The van der Waals surface area contributed by atoms with Gasteiger partial charge in [-0.3, -0.25) is 4.90 Å². The van der Waals surface area contributed by atoms with E-state index in [1.54, 1.807) is 19.5 Å². The molecule has 0 aliphatic carbocycles. The maximum absolute atomic E-state index is 5.39. The average Bonchev–Trinajstić information content (AvgIpc) is 2.49. The first-order chi connectivity index (χ1) is 9.35. The van der Waals surface area contributed by atoms with E-state index < -0.39 is 0 Å². The van der Waals surface area contributed by atoms with E-state index in [0.29, 0.717) is 17.7 Å². The average molecular weight is 266 g/mol. The summed E-state index contributed by atoms with van der Waals surface area (Å²) in [6.45, 7) is 6.69. The van der Waals surface area contributed by atoms with E-state index in [9.17, 15) is 0 Å². The molecule has 0 unspecified atom stereocenters. The maximum Gasteiger partial charge on any atom is 0.257 e. The molecule has 0 amide bonds. The van der Waals surface area contributed by atoms with Crippen molar-refractivity contribution >= 4 is 5.82 Å². The monoisotopic (exact) mass is 266 g/mol. The fourth-order valence-electron chi connectivity index (χ4n) is 2.28. The Bertz CT molecular complexity index is 383. The minimum atomic E-state index is 0.482. The minimum Gasteiger partial charge on any atom is -0.478 e. The summed E-state index contributed by atoms with van der Waals surface area (Å²) in [6.07, 6.45) is 4.39. The first-order valence-electron chi connectivity index (χ1n) is 6.75. The topological polar surface area (TPSA) is 59.5 Å². The number of hydrogen-bond acceptors (Lipinski definition) is 6. The van der Waals surface area contributed by atoms with Crippen molar-refractivity contribution in [3.8, 4) is 5.88 Å². The van der Waals surface area contributed by atoms with Crippen molar-refractivity contribution < 1.29 is 9.47 Å². The lowest BCUT2D eigenvalue weighted by atomic mass is 10.1. The van der Waals surface area contributed by atoms with Crippen molar-refractivity contribution in [1.29, 1.82) is 0 Å². The molecule has 0 saturated carbocycles. The third kappa shape index (κ3) is 3.78. The van der Waals surface area contributed by atoms with Crippen LogP contribution in [0.25, 0.3) is 0 Å². The molecule has 1 aliphatic rings. The van der Waals surface area contributed by atoms with E-state index in [4.69, 9.17) is 9.47 Å². The van der Waals surface area contributed by atoms with E-state index in [-0.39, 0.29) is 0 Å². The van der Waals surface area contributed by atoms with Crippen LogP contribution < -0.4 is 10.1 Å². The van der Waals surface area contributed by atoms with Gasteiger partial charge in [0.2, 0.25) is 0 Å². The molecule has 0 spiro atoms. The lowest BCUT2D eigenvalue weighted by molar-refractivity contribution is 0.0184. The Hall–Kier alpha value is -1.40. The SMILES string of the molecule is CC[C@H](CNc1nccnc1OC)N1CCOCC1. The summed E-state index contributed by atoms with van der Waals surface area (Å²) in [5.41, 5.74) is 0. The number of methoxy groups -OCH3 is 1. The zero-order chi connectivity index (χ0) is 13.5. The Morgan fingerprint density at radius 2 is 2.11 bits per heavy atom. The fourth-order valence-corrected chi connectivity index (χ4v) is 2.28. The van der Waals surface area contributed by atoms with Crippen LogP contribution in [0, 0.1) is 0 Å². The van der Waals surface area contributed by atoms with Crippen LogP contribution in [0.3, 0.4) is 0 Å². The van der Waals surface area contributed by atoms with Gasteiger partial charge >= 0.3 is 0 Å². The molecule has 106 valence electrons. The molecular weight excluding hydrogens is 244 g/mol. The number of nitrogens with zero attached hydrogens (tertiary/aromatic N) is 3. The summed E-state index contributed by atoms with van der Waals surface area (Å²) >= 11 is 0. The zero-order valence-corrected chi connectivity index (χ0v) is 11.6. The molecule has 0 radical (unpaired) electrons. The number of anilines is 1. The Labute approximate surface area is 114 Å². The molecule has 1 fully saturated rings. The van der Waals surface area contributed by atoms with Gasteiger partial charge < -0.3 is 14.8 Å². The summed E-state index contributed by atoms with van der Waals surface area (Å²) in [5.74, 6) is 1.25. The molecule has 1 saturated heterocycles. The van der Waals surface area contributed by atoms with Crippen molar-refractivity contribution in [2.45, 2.75) is 19.4 Å². The Kier molecular flexibility index (Phi) is 5.35. The largest absolute Gasteiger partial charge is 0.478 e. The second kappa shape index (κ2) is 7.25. The molecule has 0 bridgehead atoms. The molecule has 2 rings (SSSR count). The van der Waals surface area contributed by atoms with Crippen LogP contribution in [0.2, 0.25) is 0 Å². The van der Waals surface area contributed by atoms with E-state index in [2.05, 4.69) is 27.1 Å². The molecule has 1 aromatic rings. The molecule has 1 aromatic heterocycles. The van der Waals surface area contributed by atoms with Crippen molar-refractivity contribution in [2.75, 3.05) is 45.3 Å². The van der Waals surface area contributed by atoms with E-state index >= 15 is 0 Å². The maximum atomic E-state index is 5.39. The second-order valence-corrected chi connectivity index (χ2v) is 4.51. The molecule has 6 nitrogen and oxygen atoms in total. The van der Waals surface area contributed by atoms with Gasteiger partial charge in [-0.15, -0.1) is 0 Å². The van der Waals surface area contributed by atoms with Gasteiger partial charge in [0, 0.05) is 38.1 Å². The smallest absolute Gasteiger partial charge is 0.257 e. The Balaban J connectivity index is 1.91. The van der Waals surface area contributed by atoms with Gasteiger partial charge in [0.1, 0.15) is 0 Å². The quantitative estimate of drug-likeness (QED) is 0.829. The summed E-state index contributed by atoms with van der Waals surface area (Å²) < 4.78 is 10.6. The van der Waals surface area contributed by atoms with Gasteiger partial charge in [-0.2, -0.15) is 0 Å². The normalized spacial score (nSPS) is 18.0. The number of morpholine rings is 1. The highest BCUT2D eigenvalue weighted by Gasteiger charge is 2.19. The van der Waals surface area contributed by atoms with E-state index in [1.165, 1.54) is 0 Å². The van der Waals surface area contributed by atoms with Crippen molar-refractivity contribution in [3.05, 3.63) is 12.4 Å². The zero-order valence-electron chi connectivity index (χ0n) is 11.6. The first kappa shape index (κ1) is 14.0. The summed E-state index contributed by atoms with van der Waals surface area (Å²) in [4.78, 5) is 10.8. The summed E-state index contributed by atoms with van der Waals surface area (Å²) in [5, 5.41) is 3.33. The van der Waals surface area contributed by atoms with E-state index in [0.717, 1.165) is 39.3 Å². The third-order valence-corrected chi connectivity index (χ3v) is 3.40. The Morgan fingerprint density at radius 1 is 1.37 bits per heavy atom. The highest BCUT2D eigenvalue weighted by atomic mass is 16.5. The number of rotatable bonds is 6. The van der Waals surface area contributed by atoms with Crippen LogP contribution in [0.15, 0.2) is 12.4 Å². The van der Waals surface area contributed by atoms with Crippen LogP contribution in [-0.2, 0) is 4.74 Å². The molecule has 19 heavy (non-hydrogen) atoms. The van der Waals surface area contributed by atoms with Gasteiger partial charge in [0.05, 0.1) is 20.3 Å². The predicted octanol–water partition coefficient (Wildman–Crippen LogP) is 1.01. The van der Waals surface area contributed by atoms with Crippen LogP contribution in [0.4, 0.5) is 5.82 Å². The van der Waals surface area contributed by atoms with Crippen LogP contribution >= 0.6 is 0 Å². The van der Waals surface area contributed by atoms with Crippen molar-refractivity contribution in [1.82, 2.24) is 14.9 Å². The number of ether oxygens (including phenoxy) is 2. The van der Waals surface area contributed by atoms with Crippen molar-refractivity contribution in [3.63, 3.8) is 0 Å². The molecule has 2 heterocycles. The lowest BCUT2D eigenvalue weighted by Gasteiger charge is -2.34. The molecule has 0 aromatic carbocycles. The van der Waals surface area contributed by atoms with Crippen LogP contribution in [0.1, 0.15) is 13.3 Å². The minimum absolute atomic E-state index is 0.482. The first-order valence-corrected chi connectivity index (χ1v) is 6.75. The molecule has 6 heteroatoms. The van der Waals surface area contributed by atoms with Gasteiger partial charge in [-0.25, -0.2) is 9.97 Å². The second-order valence-electron chi connectivity index (χ2n) is 4.51. The lowest BCUT2D eigenvalue weighted by Crippen LogP contribution is -2.46. The molecule has 1 aliphatic heterocycles. The molecule has 1 atom stereocenters. The standard InChI is InChI=1S/C13H22N4O2/c1-3-11(17-6-8-19-9-7-17)10-16-12-13(18-2)15-5-4-14-12/h4-5,11H,3,6-10H2,1-2H3,(H,14,16)/t11-/m1/s1. The highest BCUT2D eigenvalue weighted by Crippen LogP contribution is 2.17. The van der Waals surface area contributed by atoms with Gasteiger partial charge in [0.25, 0.3) is 5.88 Å². The number of hydrogen-bond donors (Lipinski definition) is 1. The number of aromatic nitrogens is 2. The van der Waals surface area contributed by atoms with Gasteiger partial charge in [-0.1, -0.05) is 6.92 Å². The number of nitrogens with one attached hydrogen (secondary N) is 1. The Morgan fingerprint density at radius 3 is 2.79 bits per heavy atom.